The van der Waals surface area contributed by atoms with Gasteiger partial charge in [-0.25, -0.2) is 9.37 Å². The molecule has 0 spiro atoms. The number of carbonyl (C=O) groups excluding carboxylic acids is 1. The Morgan fingerprint density at radius 3 is 2.76 bits per heavy atom. The van der Waals surface area contributed by atoms with Crippen molar-refractivity contribution in [3.63, 3.8) is 0 Å². The predicted octanol–water partition coefficient (Wildman–Crippen LogP) is 9.34. The number of ketones is 1. The number of hydrogen-bond donors (Lipinski definition) is 2. The van der Waals surface area contributed by atoms with Crippen molar-refractivity contribution in [2.75, 3.05) is 5.75 Å². The summed E-state index contributed by atoms with van der Waals surface area (Å²) in [5.74, 6) is -0.303. The summed E-state index contributed by atoms with van der Waals surface area (Å²) >= 11 is 9.60. The third kappa shape index (κ3) is 6.66. The lowest BCUT2D eigenvalue weighted by atomic mass is 9.65. The van der Waals surface area contributed by atoms with E-state index in [0.29, 0.717) is 30.6 Å². The number of benzene rings is 3. The molecule has 1 heterocycles. The molecule has 236 valence electrons. The number of hydrogen-bond acceptors (Lipinski definition) is 6. The molecule has 1 fully saturated rings. The van der Waals surface area contributed by atoms with Gasteiger partial charge in [0.15, 0.2) is 10.1 Å². The van der Waals surface area contributed by atoms with E-state index in [1.54, 1.807) is 29.2 Å². The summed E-state index contributed by atoms with van der Waals surface area (Å²) in [6.45, 7) is 4.29. The second kappa shape index (κ2) is 13.3. The molecule has 7 rings (SSSR count). The van der Waals surface area contributed by atoms with Gasteiger partial charge in [-0.2, -0.15) is 0 Å². The van der Waals surface area contributed by atoms with Gasteiger partial charge >= 0.3 is 0 Å². The molecule has 3 aliphatic carbocycles. The van der Waals surface area contributed by atoms with E-state index in [2.05, 4.69) is 26.0 Å². The van der Waals surface area contributed by atoms with Gasteiger partial charge in [-0.05, 0) is 99.2 Å². The second-order valence-electron chi connectivity index (χ2n) is 13.0. The number of Topliss-reactive ketones (excluding diaryl/α,β-unsaturated/α-hetero) is 1. The zero-order valence-corrected chi connectivity index (χ0v) is 28.1. The van der Waals surface area contributed by atoms with E-state index in [-0.39, 0.29) is 28.7 Å². The highest BCUT2D eigenvalue weighted by molar-refractivity contribution is 8.01. The number of aromatic nitrogens is 1. The van der Waals surface area contributed by atoms with Crippen molar-refractivity contribution < 1.29 is 19.4 Å². The number of rotatable bonds is 6. The summed E-state index contributed by atoms with van der Waals surface area (Å²) in [7, 11) is 0. The Kier molecular flexibility index (Phi) is 9.56. The maximum atomic E-state index is 14.8. The standard InChI is InChI=1S/C37H39ClFNO3S2/c1-23-7-6-17-36(2)29(16-18-37(36,43)22-44-35-40-32-10-3-4-11-34(32)45-35)26-15-13-24(19-25(41)14-12-23)20-27(26)33(42)21-28-30(38)8-5-9-31(28)39/h3-5,7-11,13,15,20,25,29,41,43H,6,12,14,16-19,21-22H2,1-2H3. The molecule has 2 N–H and O–H groups in total. The fourth-order valence-corrected chi connectivity index (χ4v) is 9.88. The Hall–Kier alpha value is -2.55. The summed E-state index contributed by atoms with van der Waals surface area (Å²) in [5.41, 5.74) is 3.14. The molecular formula is C37H39ClFNO3S2. The van der Waals surface area contributed by atoms with Crippen LogP contribution in [0.4, 0.5) is 4.39 Å². The third-order valence-corrected chi connectivity index (χ3v) is 12.8. The smallest absolute Gasteiger partial charge is 0.167 e. The molecule has 4 aromatic rings. The minimum atomic E-state index is -0.997. The number of carbonyl (C=O) groups is 1. The zero-order valence-electron chi connectivity index (χ0n) is 25.7. The van der Waals surface area contributed by atoms with Gasteiger partial charge in [0.1, 0.15) is 5.82 Å². The van der Waals surface area contributed by atoms with Gasteiger partial charge in [-0.1, -0.05) is 72.3 Å². The van der Waals surface area contributed by atoms with Gasteiger partial charge in [-0.15, -0.1) is 11.3 Å². The molecule has 0 radical (unpaired) electrons. The van der Waals surface area contributed by atoms with Gasteiger partial charge in [0, 0.05) is 33.7 Å². The molecule has 3 aromatic carbocycles. The fraction of sp³-hybridized carbons (Fsp3) is 0.405. The number of nitrogens with zero attached hydrogens (tertiary/aromatic N) is 1. The van der Waals surface area contributed by atoms with Crippen LogP contribution >= 0.6 is 34.7 Å². The van der Waals surface area contributed by atoms with E-state index in [4.69, 9.17) is 16.6 Å². The number of allylic oxidation sites excluding steroid dienone is 2. The van der Waals surface area contributed by atoms with Crippen LogP contribution in [0, 0.1) is 11.2 Å². The molecule has 3 aliphatic rings. The van der Waals surface area contributed by atoms with Crippen molar-refractivity contribution >= 4 is 50.7 Å². The van der Waals surface area contributed by atoms with E-state index in [0.717, 1.165) is 51.4 Å². The van der Waals surface area contributed by atoms with E-state index in [9.17, 15) is 19.4 Å². The lowest BCUT2D eigenvalue weighted by Gasteiger charge is -2.44. The van der Waals surface area contributed by atoms with E-state index >= 15 is 0 Å². The van der Waals surface area contributed by atoms with E-state index < -0.39 is 22.9 Å². The van der Waals surface area contributed by atoms with Crippen molar-refractivity contribution in [2.45, 2.75) is 87.2 Å². The van der Waals surface area contributed by atoms with E-state index in [1.165, 1.54) is 17.7 Å². The number of aliphatic hydroxyl groups is 2. The van der Waals surface area contributed by atoms with Crippen LogP contribution in [0.3, 0.4) is 0 Å². The highest BCUT2D eigenvalue weighted by Gasteiger charge is 2.56. The molecule has 0 saturated heterocycles. The van der Waals surface area contributed by atoms with Crippen molar-refractivity contribution in [3.8, 4) is 0 Å². The van der Waals surface area contributed by atoms with Crippen molar-refractivity contribution in [1.82, 2.24) is 4.98 Å². The zero-order chi connectivity index (χ0) is 31.8. The molecule has 1 aromatic heterocycles. The van der Waals surface area contributed by atoms with Gasteiger partial charge in [0.2, 0.25) is 0 Å². The van der Waals surface area contributed by atoms with Crippen LogP contribution in [0.2, 0.25) is 5.02 Å². The molecule has 45 heavy (non-hydrogen) atoms. The van der Waals surface area contributed by atoms with Crippen LogP contribution in [0.25, 0.3) is 10.2 Å². The number of halogens is 2. The van der Waals surface area contributed by atoms with Crippen molar-refractivity contribution in [2.24, 2.45) is 5.41 Å². The first-order chi connectivity index (χ1) is 21.6. The number of thiazole rings is 1. The Morgan fingerprint density at radius 2 is 1.96 bits per heavy atom. The molecule has 0 aliphatic heterocycles. The SMILES string of the molecule is CC1=CCCC2(C)C(CCC2(O)CSc2nc3ccccc3s2)c2ccc(cc2C(=O)Cc2c(F)cccc2Cl)CC(O)CC1. The number of para-hydroxylation sites is 1. The van der Waals surface area contributed by atoms with Crippen LogP contribution in [-0.4, -0.2) is 38.4 Å². The van der Waals surface area contributed by atoms with Crippen LogP contribution in [0.15, 0.2) is 76.7 Å². The van der Waals surface area contributed by atoms with Gasteiger partial charge in [0.25, 0.3) is 0 Å². The molecule has 1 saturated carbocycles. The fourth-order valence-electron chi connectivity index (χ4n) is 7.27. The predicted molar refractivity (Wildman–Crippen MR) is 183 cm³/mol. The highest BCUT2D eigenvalue weighted by Crippen LogP contribution is 2.59. The number of aliphatic hydroxyl groups excluding tert-OH is 1. The third-order valence-electron chi connectivity index (χ3n) is 10.1. The minimum Gasteiger partial charge on any atom is -0.393 e. The molecule has 2 bridgehead atoms. The second-order valence-corrected chi connectivity index (χ2v) is 15.6. The Labute approximate surface area is 277 Å². The molecule has 8 heteroatoms. The van der Waals surface area contributed by atoms with Crippen molar-refractivity contribution in [3.05, 3.63) is 105 Å². The van der Waals surface area contributed by atoms with Gasteiger partial charge in [-0.3, -0.25) is 4.79 Å². The molecular weight excluding hydrogens is 625 g/mol. The summed E-state index contributed by atoms with van der Waals surface area (Å²) in [6, 6.07) is 18.5. The average molecular weight is 664 g/mol. The Morgan fingerprint density at radius 1 is 1.13 bits per heavy atom. The largest absolute Gasteiger partial charge is 0.393 e. The van der Waals surface area contributed by atoms with Gasteiger partial charge in [0.05, 0.1) is 21.9 Å². The molecule has 0 amide bonds. The van der Waals surface area contributed by atoms with Crippen LogP contribution in [0.1, 0.15) is 85.3 Å². The molecule has 4 nitrogen and oxygen atoms in total. The summed E-state index contributed by atoms with van der Waals surface area (Å²) in [5, 5.41) is 23.6. The minimum absolute atomic E-state index is 0.0934. The van der Waals surface area contributed by atoms with Crippen molar-refractivity contribution in [1.29, 1.82) is 0 Å². The summed E-state index contributed by atoms with van der Waals surface area (Å²) < 4.78 is 16.9. The number of fused-ring (bicyclic) bond motifs is 9. The van der Waals surface area contributed by atoms with Crippen LogP contribution < -0.4 is 0 Å². The lowest BCUT2D eigenvalue weighted by molar-refractivity contribution is -0.0422. The first kappa shape index (κ1) is 32.4. The first-order valence-electron chi connectivity index (χ1n) is 15.7. The van der Waals surface area contributed by atoms with E-state index in [1.807, 2.05) is 36.4 Å². The van der Waals surface area contributed by atoms with Gasteiger partial charge < -0.3 is 10.2 Å². The average Bonchev–Trinajstić information content (AvgIpc) is 3.55. The quantitative estimate of drug-likeness (QED) is 0.122. The van der Waals surface area contributed by atoms with Crippen LogP contribution in [-0.2, 0) is 12.8 Å². The lowest BCUT2D eigenvalue weighted by Crippen LogP contribution is -2.46. The summed E-state index contributed by atoms with van der Waals surface area (Å²) in [6.07, 6.45) is 6.24. The molecule has 4 unspecified atom stereocenters. The Balaban J connectivity index is 1.39. The topological polar surface area (TPSA) is 70.4 Å². The highest BCUT2D eigenvalue weighted by atomic mass is 35.5. The maximum absolute atomic E-state index is 14.8. The van der Waals surface area contributed by atoms with Crippen LogP contribution in [0.5, 0.6) is 0 Å². The summed E-state index contributed by atoms with van der Waals surface area (Å²) in [4.78, 5) is 18.9. The molecule has 4 atom stereocenters. The number of thioether (sulfide) groups is 1. The first-order valence-corrected chi connectivity index (χ1v) is 17.9. The normalized spacial score (nSPS) is 25.6. The maximum Gasteiger partial charge on any atom is 0.167 e. The Bertz CT molecular complexity index is 1700. The monoisotopic (exact) mass is 663 g/mol.